The lowest BCUT2D eigenvalue weighted by Crippen LogP contribution is -2.27. The van der Waals surface area contributed by atoms with Gasteiger partial charge in [-0.2, -0.15) is 0 Å². The summed E-state index contributed by atoms with van der Waals surface area (Å²) in [6.07, 6.45) is 2.40. The van der Waals surface area contributed by atoms with Gasteiger partial charge < -0.3 is 20.4 Å². The Balaban J connectivity index is 2.65. The van der Waals surface area contributed by atoms with Crippen LogP contribution in [0.1, 0.15) is 19.8 Å². The van der Waals surface area contributed by atoms with E-state index in [0.29, 0.717) is 12.8 Å². The Morgan fingerprint density at radius 3 is 2.53 bits per heavy atom. The van der Waals surface area contributed by atoms with Crippen molar-refractivity contribution in [1.82, 2.24) is 0 Å². The van der Waals surface area contributed by atoms with Crippen molar-refractivity contribution in [2.45, 2.75) is 38.1 Å². The molecule has 1 saturated carbocycles. The molecule has 1 fully saturated rings. The van der Waals surface area contributed by atoms with Crippen molar-refractivity contribution in [3.8, 4) is 0 Å². The number of hydrogen-bond donors (Lipinski definition) is 4. The minimum atomic E-state index is -0.817. The molecule has 0 heterocycles. The lowest BCUT2D eigenvalue weighted by atomic mass is 9.88. The molecule has 4 nitrogen and oxygen atoms in total. The third-order valence-electron chi connectivity index (χ3n) is 3.09. The largest absolute Gasteiger partial charge is 0.394 e. The van der Waals surface area contributed by atoms with E-state index >= 15 is 0 Å². The van der Waals surface area contributed by atoms with E-state index in [1.54, 1.807) is 0 Å². The predicted octanol–water partition coefficient (Wildman–Crippen LogP) is -0.336. The molecule has 0 spiro atoms. The number of aliphatic hydroxyl groups excluding tert-OH is 4. The first-order valence-electron chi connectivity index (χ1n) is 5.38. The fraction of sp³-hybridized carbons (Fsp3) is 0.818. The Morgan fingerprint density at radius 2 is 2.00 bits per heavy atom. The normalized spacial score (nSPS) is 38.7. The van der Waals surface area contributed by atoms with E-state index in [1.807, 2.05) is 19.1 Å². The van der Waals surface area contributed by atoms with Crippen molar-refractivity contribution in [3.63, 3.8) is 0 Å². The van der Waals surface area contributed by atoms with Crippen molar-refractivity contribution in [2.75, 3.05) is 6.61 Å². The van der Waals surface area contributed by atoms with Gasteiger partial charge in [0, 0.05) is 12.3 Å². The molecular weight excluding hydrogens is 196 g/mol. The van der Waals surface area contributed by atoms with Crippen LogP contribution < -0.4 is 0 Å². The smallest absolute Gasteiger partial charge is 0.0774 e. The summed E-state index contributed by atoms with van der Waals surface area (Å²) in [5.41, 5.74) is 0. The van der Waals surface area contributed by atoms with E-state index in [2.05, 4.69) is 0 Å². The molecule has 88 valence electrons. The second kappa shape index (κ2) is 5.61. The molecular formula is C11H20O4. The summed E-state index contributed by atoms with van der Waals surface area (Å²) in [4.78, 5) is 0. The Hall–Kier alpha value is -0.420. The fourth-order valence-corrected chi connectivity index (χ4v) is 2.32. The van der Waals surface area contributed by atoms with Crippen LogP contribution in [0.3, 0.4) is 0 Å². The van der Waals surface area contributed by atoms with Gasteiger partial charge in [-0.3, -0.25) is 0 Å². The minimum Gasteiger partial charge on any atom is -0.394 e. The van der Waals surface area contributed by atoms with Crippen LogP contribution in [0.2, 0.25) is 0 Å². The van der Waals surface area contributed by atoms with Gasteiger partial charge >= 0.3 is 0 Å². The van der Waals surface area contributed by atoms with Crippen LogP contribution in [0.4, 0.5) is 0 Å². The lowest BCUT2D eigenvalue weighted by Gasteiger charge is -2.22. The Labute approximate surface area is 89.9 Å². The van der Waals surface area contributed by atoms with Crippen molar-refractivity contribution < 1.29 is 20.4 Å². The standard InChI is InChI=1S/C11H20O4/c1-2-3-8-9(4-7(13)6-12)11(15)5-10(8)14/h2-3,7-15H,4-6H2,1H3/b3-2+/t7?,8?,9-,10-,11+/m1/s1. The second-order valence-electron chi connectivity index (χ2n) is 4.21. The van der Waals surface area contributed by atoms with Gasteiger partial charge in [-0.25, -0.2) is 0 Å². The van der Waals surface area contributed by atoms with Crippen LogP contribution in [0.25, 0.3) is 0 Å². The molecule has 1 aliphatic rings. The maximum Gasteiger partial charge on any atom is 0.0774 e. The Kier molecular flexibility index (Phi) is 4.73. The molecule has 0 aromatic rings. The zero-order valence-corrected chi connectivity index (χ0v) is 8.95. The molecule has 0 amide bonds. The number of rotatable bonds is 4. The molecule has 0 radical (unpaired) electrons. The minimum absolute atomic E-state index is 0.119. The summed E-state index contributed by atoms with van der Waals surface area (Å²) >= 11 is 0. The zero-order chi connectivity index (χ0) is 11.4. The highest BCUT2D eigenvalue weighted by Gasteiger charge is 2.40. The van der Waals surface area contributed by atoms with Crippen LogP contribution >= 0.6 is 0 Å². The SMILES string of the molecule is C/C=C/C1[C@H](O)C[C@H](O)[C@@H]1CC(O)CO. The van der Waals surface area contributed by atoms with Crippen LogP contribution in [0.5, 0.6) is 0 Å². The molecule has 5 atom stereocenters. The molecule has 15 heavy (non-hydrogen) atoms. The third kappa shape index (κ3) is 3.01. The summed E-state index contributed by atoms with van der Waals surface area (Å²) in [7, 11) is 0. The molecule has 1 aliphatic carbocycles. The van der Waals surface area contributed by atoms with E-state index in [9.17, 15) is 15.3 Å². The zero-order valence-electron chi connectivity index (χ0n) is 8.95. The van der Waals surface area contributed by atoms with E-state index in [0.717, 1.165) is 0 Å². The van der Waals surface area contributed by atoms with Gasteiger partial charge in [0.05, 0.1) is 24.9 Å². The monoisotopic (exact) mass is 216 g/mol. The van der Waals surface area contributed by atoms with Gasteiger partial charge in [0.2, 0.25) is 0 Å². The van der Waals surface area contributed by atoms with Crippen LogP contribution in [0.15, 0.2) is 12.2 Å². The van der Waals surface area contributed by atoms with Gasteiger partial charge in [-0.05, 0) is 19.3 Å². The molecule has 0 aliphatic heterocycles. The summed E-state index contributed by atoms with van der Waals surface area (Å²) in [5.74, 6) is -0.287. The molecule has 0 bridgehead atoms. The first kappa shape index (κ1) is 12.6. The quantitative estimate of drug-likeness (QED) is 0.485. The maximum atomic E-state index is 9.71. The average Bonchev–Trinajstić information content (AvgIpc) is 2.45. The summed E-state index contributed by atoms with van der Waals surface area (Å²) < 4.78 is 0. The van der Waals surface area contributed by atoms with Gasteiger partial charge in [0.15, 0.2) is 0 Å². The van der Waals surface area contributed by atoms with E-state index in [4.69, 9.17) is 5.11 Å². The van der Waals surface area contributed by atoms with E-state index in [-0.39, 0.29) is 18.4 Å². The van der Waals surface area contributed by atoms with Crippen molar-refractivity contribution >= 4 is 0 Å². The van der Waals surface area contributed by atoms with Gasteiger partial charge in [-0.1, -0.05) is 12.2 Å². The Morgan fingerprint density at radius 1 is 1.33 bits per heavy atom. The summed E-state index contributed by atoms with van der Waals surface area (Å²) in [6, 6.07) is 0. The number of allylic oxidation sites excluding steroid dienone is 1. The molecule has 0 saturated heterocycles. The van der Waals surface area contributed by atoms with E-state index in [1.165, 1.54) is 0 Å². The lowest BCUT2D eigenvalue weighted by molar-refractivity contribution is 0.0385. The van der Waals surface area contributed by atoms with Gasteiger partial charge in [0.1, 0.15) is 0 Å². The molecule has 4 N–H and O–H groups in total. The molecule has 0 aromatic carbocycles. The maximum absolute atomic E-state index is 9.71. The molecule has 4 heteroatoms. The highest BCUT2D eigenvalue weighted by molar-refractivity contribution is 5.02. The number of hydrogen-bond acceptors (Lipinski definition) is 4. The fourth-order valence-electron chi connectivity index (χ4n) is 2.32. The van der Waals surface area contributed by atoms with Crippen LogP contribution in [0, 0.1) is 11.8 Å². The van der Waals surface area contributed by atoms with Gasteiger partial charge in [0.25, 0.3) is 0 Å². The molecule has 2 unspecified atom stereocenters. The first-order valence-corrected chi connectivity index (χ1v) is 5.38. The van der Waals surface area contributed by atoms with Crippen LogP contribution in [-0.4, -0.2) is 45.3 Å². The van der Waals surface area contributed by atoms with Crippen LogP contribution in [-0.2, 0) is 0 Å². The second-order valence-corrected chi connectivity index (χ2v) is 4.21. The highest BCUT2D eigenvalue weighted by Crippen LogP contribution is 2.36. The first-order chi connectivity index (χ1) is 7.10. The molecule has 0 aromatic heterocycles. The van der Waals surface area contributed by atoms with E-state index < -0.39 is 18.3 Å². The highest BCUT2D eigenvalue weighted by atomic mass is 16.3. The number of aliphatic hydroxyl groups is 4. The predicted molar refractivity (Wildman–Crippen MR) is 56.1 cm³/mol. The van der Waals surface area contributed by atoms with Crippen molar-refractivity contribution in [1.29, 1.82) is 0 Å². The summed E-state index contributed by atoms with van der Waals surface area (Å²) in [5, 5.41) is 37.5. The average molecular weight is 216 g/mol. The topological polar surface area (TPSA) is 80.9 Å². The van der Waals surface area contributed by atoms with Gasteiger partial charge in [-0.15, -0.1) is 0 Å². The van der Waals surface area contributed by atoms with Crippen molar-refractivity contribution in [3.05, 3.63) is 12.2 Å². The third-order valence-corrected chi connectivity index (χ3v) is 3.09. The summed E-state index contributed by atoms with van der Waals surface area (Å²) in [6.45, 7) is 1.55. The molecule has 1 rings (SSSR count). The van der Waals surface area contributed by atoms with Crippen molar-refractivity contribution in [2.24, 2.45) is 11.8 Å². The Bertz CT molecular complexity index is 217.